The van der Waals surface area contributed by atoms with Crippen LogP contribution in [-0.4, -0.2) is 29.6 Å². The maximum Gasteiger partial charge on any atom is 0.220 e. The Morgan fingerprint density at radius 2 is 1.02 bits per heavy atom. The minimum Gasteiger partial charge on any atom is -0.346 e. The number of anilines is 4. The summed E-state index contributed by atoms with van der Waals surface area (Å²) in [4.78, 5) is 13.5. The molecule has 0 bridgehead atoms. The van der Waals surface area contributed by atoms with Crippen LogP contribution in [0.15, 0.2) is 176 Å². The Bertz CT molecular complexity index is 3740. The number of nitrogens with zero attached hydrogens (tertiary/aromatic N) is 6. The summed E-state index contributed by atoms with van der Waals surface area (Å²) < 4.78 is 8.06. The molecule has 9 heteroatoms. The zero-order valence-corrected chi connectivity index (χ0v) is 32.7. The molecule has 2 N–H and O–H groups in total. The molecule has 6 heterocycles. The Labute approximate surface area is 346 Å². The van der Waals surface area contributed by atoms with Gasteiger partial charge in [-0.3, -0.25) is 18.3 Å². The van der Waals surface area contributed by atoms with Crippen molar-refractivity contribution >= 4 is 88.1 Å². The molecule has 0 saturated carbocycles. The lowest BCUT2D eigenvalue weighted by Crippen LogP contribution is -2.32. The van der Waals surface area contributed by atoms with E-state index in [-0.39, 0.29) is 6.29 Å². The molecule has 4 aromatic heterocycles. The summed E-state index contributed by atoms with van der Waals surface area (Å²) in [6, 6.07) is 63.3. The Hall–Kier alpha value is -7.88. The van der Waals surface area contributed by atoms with Gasteiger partial charge in [-0.05, 0) is 112 Å². The first-order valence-electron chi connectivity index (χ1n) is 20.2. The van der Waals surface area contributed by atoms with Crippen LogP contribution in [0, 0.1) is 0 Å². The Morgan fingerprint density at radius 1 is 0.433 bits per heavy atom. The van der Waals surface area contributed by atoms with Crippen LogP contribution >= 0.6 is 11.3 Å². The number of fused-ring (bicyclic) bond motifs is 15. The van der Waals surface area contributed by atoms with E-state index in [0.717, 1.165) is 72.0 Å². The van der Waals surface area contributed by atoms with E-state index in [1.807, 2.05) is 6.07 Å². The first kappa shape index (κ1) is 32.1. The highest BCUT2D eigenvalue weighted by atomic mass is 32.1. The fraction of sp³-hybridized carbons (Fsp3) is 0.0196. The van der Waals surface area contributed by atoms with E-state index >= 15 is 0 Å². The van der Waals surface area contributed by atoms with Crippen LogP contribution in [0.4, 0.5) is 22.7 Å². The molecule has 0 fully saturated rings. The molecule has 8 nitrogen and oxygen atoms in total. The van der Waals surface area contributed by atoms with Gasteiger partial charge in [-0.1, -0.05) is 108 Å². The standard InChI is InChI=1S/C51H32N8S/c1-4-10-41-37(7-1)52-49-53-40-24-21-34(27-46(40)57(41)49)32-17-13-30(14-18-32)31-15-19-33(20-16-31)35-22-25-44-47(28-35)58-42-11-5-2-8-38(42)54-50(58)56(44)36-23-26-45-48(29-36)60-51-55-39-9-3-6-12-43(39)59(45)51/h1-29,49,52-53H. The Balaban J connectivity index is 0.805. The number of para-hydroxylation sites is 6. The van der Waals surface area contributed by atoms with Crippen LogP contribution in [0.2, 0.25) is 0 Å². The minimum atomic E-state index is 0.0387. The summed E-state index contributed by atoms with van der Waals surface area (Å²) in [5, 5.41) is 7.21. The Morgan fingerprint density at radius 3 is 1.78 bits per heavy atom. The van der Waals surface area contributed by atoms with E-state index in [0.29, 0.717) is 0 Å². The van der Waals surface area contributed by atoms with Crippen molar-refractivity contribution in [3.05, 3.63) is 176 Å². The number of rotatable bonds is 4. The fourth-order valence-corrected chi connectivity index (χ4v) is 10.6. The van der Waals surface area contributed by atoms with Crippen LogP contribution in [0.25, 0.3) is 93.1 Å². The molecule has 2 aliphatic heterocycles. The summed E-state index contributed by atoms with van der Waals surface area (Å²) in [5.41, 5.74) is 20.5. The van der Waals surface area contributed by atoms with Gasteiger partial charge in [0.1, 0.15) is 0 Å². The zero-order chi connectivity index (χ0) is 39.1. The van der Waals surface area contributed by atoms with Crippen molar-refractivity contribution in [2.45, 2.75) is 6.29 Å². The predicted octanol–water partition coefficient (Wildman–Crippen LogP) is 12.7. The molecule has 282 valence electrons. The van der Waals surface area contributed by atoms with Crippen molar-refractivity contribution in [1.29, 1.82) is 0 Å². The van der Waals surface area contributed by atoms with Crippen LogP contribution in [0.5, 0.6) is 0 Å². The molecular weight excluding hydrogens is 757 g/mol. The van der Waals surface area contributed by atoms with Crippen molar-refractivity contribution in [3.63, 3.8) is 0 Å². The van der Waals surface area contributed by atoms with E-state index in [4.69, 9.17) is 9.97 Å². The third-order valence-electron chi connectivity index (χ3n) is 12.4. The van der Waals surface area contributed by atoms with E-state index in [9.17, 15) is 0 Å². The van der Waals surface area contributed by atoms with Gasteiger partial charge in [0.25, 0.3) is 0 Å². The van der Waals surface area contributed by atoms with Gasteiger partial charge < -0.3 is 10.6 Å². The summed E-state index contributed by atoms with van der Waals surface area (Å²) in [6.07, 6.45) is 0.0387. The molecule has 60 heavy (non-hydrogen) atoms. The molecule has 1 atom stereocenters. The number of hydrogen-bond donors (Lipinski definition) is 2. The van der Waals surface area contributed by atoms with Gasteiger partial charge in [0.2, 0.25) is 5.78 Å². The highest BCUT2D eigenvalue weighted by Gasteiger charge is 2.36. The van der Waals surface area contributed by atoms with Gasteiger partial charge in [-0.15, -0.1) is 0 Å². The Kier molecular flexibility index (Phi) is 6.34. The van der Waals surface area contributed by atoms with Gasteiger partial charge in [0.05, 0.1) is 71.8 Å². The number of hydrogen-bond acceptors (Lipinski definition) is 6. The van der Waals surface area contributed by atoms with E-state index in [1.54, 1.807) is 11.3 Å². The average Bonchev–Trinajstić information content (AvgIpc) is 4.14. The lowest BCUT2D eigenvalue weighted by Gasteiger charge is -2.18. The number of aromatic nitrogens is 5. The third-order valence-corrected chi connectivity index (χ3v) is 13.4. The third kappa shape index (κ3) is 4.49. The lowest BCUT2D eigenvalue weighted by molar-refractivity contribution is 0.902. The van der Waals surface area contributed by atoms with Crippen LogP contribution in [-0.2, 0) is 0 Å². The number of nitrogens with one attached hydrogen (secondary N) is 2. The molecule has 1 unspecified atom stereocenters. The molecule has 0 saturated heterocycles. The highest BCUT2D eigenvalue weighted by molar-refractivity contribution is 7.23. The topological polar surface area (TPSA) is 66.8 Å². The van der Waals surface area contributed by atoms with E-state index in [1.165, 1.54) is 43.9 Å². The molecular formula is C51H32N8S. The van der Waals surface area contributed by atoms with Crippen LogP contribution in [0.3, 0.4) is 0 Å². The summed E-state index contributed by atoms with van der Waals surface area (Å²) in [5.74, 6) is 0.896. The van der Waals surface area contributed by atoms with Gasteiger partial charge in [-0.25, -0.2) is 9.97 Å². The van der Waals surface area contributed by atoms with Crippen molar-refractivity contribution in [1.82, 2.24) is 23.3 Å². The first-order valence-corrected chi connectivity index (χ1v) is 21.0. The molecule has 14 rings (SSSR count). The van der Waals surface area contributed by atoms with Gasteiger partial charge in [-0.2, -0.15) is 0 Å². The normalized spacial score (nSPS) is 14.4. The van der Waals surface area contributed by atoms with Crippen molar-refractivity contribution < 1.29 is 0 Å². The fourth-order valence-electron chi connectivity index (χ4n) is 9.56. The minimum absolute atomic E-state index is 0.0387. The highest BCUT2D eigenvalue weighted by Crippen LogP contribution is 2.48. The van der Waals surface area contributed by atoms with Crippen LogP contribution in [0.1, 0.15) is 0 Å². The van der Waals surface area contributed by atoms with Crippen molar-refractivity contribution in [2.75, 3.05) is 15.5 Å². The molecule has 2 aliphatic rings. The number of imidazole rings is 3. The van der Waals surface area contributed by atoms with Gasteiger partial charge >= 0.3 is 0 Å². The second-order valence-corrected chi connectivity index (χ2v) is 16.7. The second kappa shape index (κ2) is 11.8. The molecule has 0 radical (unpaired) electrons. The SMILES string of the molecule is c1ccc2c(c1)NC1Nc3ccc(-c4ccc(-c5ccc(-c6ccc7c(c6)n6c8ccccc8nc6n7-c6ccc7c(c6)sc6nc8ccccc8n67)cc5)cc4)cc3N21. The maximum atomic E-state index is 5.20. The van der Waals surface area contributed by atoms with Crippen LogP contribution < -0.4 is 15.5 Å². The van der Waals surface area contributed by atoms with Gasteiger partial charge in [0, 0.05) is 0 Å². The monoisotopic (exact) mass is 788 g/mol. The zero-order valence-electron chi connectivity index (χ0n) is 31.9. The smallest absolute Gasteiger partial charge is 0.220 e. The lowest BCUT2D eigenvalue weighted by atomic mass is 9.97. The van der Waals surface area contributed by atoms with Crippen molar-refractivity contribution in [2.24, 2.45) is 0 Å². The van der Waals surface area contributed by atoms with E-state index < -0.39 is 0 Å². The second-order valence-electron chi connectivity index (χ2n) is 15.7. The quantitative estimate of drug-likeness (QED) is 0.186. The molecule has 0 aliphatic carbocycles. The average molecular weight is 789 g/mol. The largest absolute Gasteiger partial charge is 0.346 e. The predicted molar refractivity (Wildman–Crippen MR) is 247 cm³/mol. The van der Waals surface area contributed by atoms with Gasteiger partial charge in [0.15, 0.2) is 11.3 Å². The van der Waals surface area contributed by atoms with Crippen molar-refractivity contribution in [3.8, 4) is 39.1 Å². The summed E-state index contributed by atoms with van der Waals surface area (Å²) >= 11 is 1.72. The van der Waals surface area contributed by atoms with E-state index in [2.05, 4.69) is 199 Å². The first-order chi connectivity index (χ1) is 29.7. The summed E-state index contributed by atoms with van der Waals surface area (Å²) in [6.45, 7) is 0. The molecule has 12 aromatic rings. The number of benzene rings is 8. The molecule has 0 spiro atoms. The maximum absolute atomic E-state index is 5.20. The summed E-state index contributed by atoms with van der Waals surface area (Å²) in [7, 11) is 0. The molecule has 0 amide bonds. The number of thiazole rings is 1. The molecule has 8 aromatic carbocycles.